The van der Waals surface area contributed by atoms with E-state index in [4.69, 9.17) is 14.2 Å². The molecule has 1 aliphatic rings. The maximum Gasteiger partial charge on any atom is 0.306 e. The van der Waals surface area contributed by atoms with Gasteiger partial charge >= 0.3 is 5.97 Å². The number of aliphatic hydroxyl groups excluding tert-OH is 5. The van der Waals surface area contributed by atoms with Crippen molar-refractivity contribution in [2.24, 2.45) is 0 Å². The summed E-state index contributed by atoms with van der Waals surface area (Å²) in [4.78, 5) is 26.4. The number of aliphatic hydroxyl groups is 5. The van der Waals surface area contributed by atoms with Gasteiger partial charge in [-0.3, -0.25) is 9.59 Å². The van der Waals surface area contributed by atoms with Crippen molar-refractivity contribution in [2.75, 3.05) is 13.2 Å². The zero-order valence-corrected chi connectivity index (χ0v) is 44.2. The number of nitrogens with one attached hydrogen (secondary N) is 1. The molecule has 11 nitrogen and oxygen atoms in total. The Balaban J connectivity index is 2.76. The molecule has 0 spiro atoms. The maximum atomic E-state index is 13.4. The molecule has 0 aromatic rings. The molecule has 1 rings (SSSR count). The van der Waals surface area contributed by atoms with Crippen molar-refractivity contribution in [1.29, 1.82) is 0 Å². The van der Waals surface area contributed by atoms with Crippen molar-refractivity contribution >= 4 is 11.9 Å². The van der Waals surface area contributed by atoms with Gasteiger partial charge < -0.3 is 45.1 Å². The Morgan fingerprint density at radius 1 is 0.580 bits per heavy atom. The van der Waals surface area contributed by atoms with Gasteiger partial charge in [0.15, 0.2) is 12.4 Å². The molecule has 69 heavy (non-hydrogen) atoms. The number of allylic oxidation sites excluding steroid dienone is 7. The summed E-state index contributed by atoms with van der Waals surface area (Å²) in [7, 11) is 0. The predicted molar refractivity (Wildman–Crippen MR) is 283 cm³/mol. The van der Waals surface area contributed by atoms with Gasteiger partial charge in [0.25, 0.3) is 0 Å². The smallest absolute Gasteiger partial charge is 0.306 e. The average Bonchev–Trinajstić information content (AvgIpc) is 3.34. The van der Waals surface area contributed by atoms with Gasteiger partial charge in [0.2, 0.25) is 5.91 Å². The quantitative estimate of drug-likeness (QED) is 0.0149. The van der Waals surface area contributed by atoms with Crippen LogP contribution in [0.4, 0.5) is 0 Å². The van der Waals surface area contributed by atoms with E-state index in [9.17, 15) is 35.1 Å². The van der Waals surface area contributed by atoms with E-state index in [-0.39, 0.29) is 19.4 Å². The molecule has 8 unspecified atom stereocenters. The van der Waals surface area contributed by atoms with E-state index < -0.39 is 67.4 Å². The number of esters is 1. The van der Waals surface area contributed by atoms with Gasteiger partial charge in [0.05, 0.1) is 25.4 Å². The van der Waals surface area contributed by atoms with Gasteiger partial charge in [0.1, 0.15) is 24.4 Å². The highest BCUT2D eigenvalue weighted by Crippen LogP contribution is 2.26. The summed E-state index contributed by atoms with van der Waals surface area (Å²) in [5.41, 5.74) is 0. The normalized spacial score (nSPS) is 20.1. The first kappa shape index (κ1) is 64.6. The molecular formula is C58H105NO10. The Kier molecular flexibility index (Phi) is 43.7. The molecule has 402 valence electrons. The monoisotopic (exact) mass is 976 g/mol. The summed E-state index contributed by atoms with van der Waals surface area (Å²) in [5.74, 6) is -1.20. The van der Waals surface area contributed by atoms with Crippen molar-refractivity contribution in [3.63, 3.8) is 0 Å². The third-order valence-corrected chi connectivity index (χ3v) is 13.3. The molecule has 8 atom stereocenters. The summed E-state index contributed by atoms with van der Waals surface area (Å²) >= 11 is 0. The molecule has 11 heteroatoms. The Bertz CT molecular complexity index is 1300. The molecule has 1 amide bonds. The van der Waals surface area contributed by atoms with Gasteiger partial charge in [-0.15, -0.1) is 0 Å². The number of unbranched alkanes of at least 4 members (excludes halogenated alkanes) is 29. The number of amides is 1. The van der Waals surface area contributed by atoms with Crippen LogP contribution in [0, 0.1) is 0 Å². The molecule has 6 N–H and O–H groups in total. The molecule has 0 aromatic heterocycles. The summed E-state index contributed by atoms with van der Waals surface area (Å²) < 4.78 is 17.6. The van der Waals surface area contributed by atoms with Crippen molar-refractivity contribution in [3.05, 3.63) is 48.6 Å². The molecule has 0 aromatic carbocycles. The van der Waals surface area contributed by atoms with Crippen LogP contribution in [0.5, 0.6) is 0 Å². The zero-order chi connectivity index (χ0) is 50.4. The van der Waals surface area contributed by atoms with Crippen LogP contribution in [0.2, 0.25) is 0 Å². The van der Waals surface area contributed by atoms with Gasteiger partial charge in [-0.25, -0.2) is 0 Å². The van der Waals surface area contributed by atoms with E-state index >= 15 is 0 Å². The van der Waals surface area contributed by atoms with E-state index in [1.54, 1.807) is 6.08 Å². The summed E-state index contributed by atoms with van der Waals surface area (Å²) in [6.07, 6.45) is 44.4. The number of ether oxygens (including phenoxy) is 3. The third-order valence-electron chi connectivity index (χ3n) is 13.3. The van der Waals surface area contributed by atoms with E-state index in [2.05, 4.69) is 50.4 Å². The lowest BCUT2D eigenvalue weighted by molar-refractivity contribution is -0.305. The molecule has 1 saturated heterocycles. The Morgan fingerprint density at radius 3 is 1.55 bits per heavy atom. The van der Waals surface area contributed by atoms with Crippen molar-refractivity contribution in [2.45, 2.75) is 294 Å². The zero-order valence-electron chi connectivity index (χ0n) is 44.2. The molecule has 0 saturated carbocycles. The molecular weight excluding hydrogens is 871 g/mol. The van der Waals surface area contributed by atoms with Crippen molar-refractivity contribution in [3.8, 4) is 0 Å². The van der Waals surface area contributed by atoms with Crippen LogP contribution in [0.1, 0.15) is 245 Å². The maximum absolute atomic E-state index is 13.4. The fraction of sp³-hybridized carbons (Fsp3) is 0.828. The van der Waals surface area contributed by atoms with Gasteiger partial charge in [-0.1, -0.05) is 243 Å². The van der Waals surface area contributed by atoms with Gasteiger partial charge in [-0.05, 0) is 44.9 Å². The summed E-state index contributed by atoms with van der Waals surface area (Å²) in [6, 6.07) is -1.03. The Morgan fingerprint density at radius 2 is 1.04 bits per heavy atom. The molecule has 0 radical (unpaired) electrons. The first-order chi connectivity index (χ1) is 33.7. The number of rotatable bonds is 47. The predicted octanol–water partition coefficient (Wildman–Crippen LogP) is 12.5. The van der Waals surface area contributed by atoms with E-state index in [1.165, 1.54) is 116 Å². The highest BCUT2D eigenvalue weighted by molar-refractivity contribution is 5.80. The third kappa shape index (κ3) is 35.4. The standard InChI is InChI=1S/C58H105NO10/c1-4-7-10-13-16-19-22-25-28-30-33-36-39-42-45-51(62)57(66)59-49(50(61)44-41-38-35-32-29-26-23-20-17-14-11-8-5-2)48-67-58-56(55(65)54(64)52(47-60)68-58)69-53(63)46-43-40-37-34-31-27-24-21-18-15-12-9-6-3/h7,10,13,16,19,22,41,44,49-52,54-56,58,60-62,64-65H,4-6,8-9,11-12,14-15,17-18,20-21,23-40,42-43,45-48H2,1-3H3,(H,59,66)/b10-7+,16-13+,22-19+,44-41+. The van der Waals surface area contributed by atoms with E-state index in [0.29, 0.717) is 12.8 Å². The van der Waals surface area contributed by atoms with Gasteiger partial charge in [0, 0.05) is 6.42 Å². The minimum Gasteiger partial charge on any atom is -0.454 e. The second-order valence-electron chi connectivity index (χ2n) is 19.7. The average molecular weight is 976 g/mol. The number of hydrogen-bond donors (Lipinski definition) is 6. The minimum absolute atomic E-state index is 0.125. The Labute approximate surface area is 421 Å². The van der Waals surface area contributed by atoms with E-state index in [1.807, 2.05) is 18.2 Å². The highest BCUT2D eigenvalue weighted by Gasteiger charge is 2.47. The fourth-order valence-corrected chi connectivity index (χ4v) is 8.77. The van der Waals surface area contributed by atoms with E-state index in [0.717, 1.165) is 83.5 Å². The molecule has 1 fully saturated rings. The van der Waals surface area contributed by atoms with Crippen LogP contribution in [-0.4, -0.2) is 99.6 Å². The van der Waals surface area contributed by atoms with Crippen LogP contribution in [0.3, 0.4) is 0 Å². The van der Waals surface area contributed by atoms with Crippen molar-refractivity contribution < 1.29 is 49.3 Å². The largest absolute Gasteiger partial charge is 0.454 e. The van der Waals surface area contributed by atoms with Crippen LogP contribution in [0.15, 0.2) is 48.6 Å². The lowest BCUT2D eigenvalue weighted by Gasteiger charge is -2.41. The SMILES string of the molecule is CC/C=C/C=C/C=C/CCCCCCCCC(O)C(=O)NC(COC1OC(CO)C(O)C(O)C1OC(=O)CCCCCCCCCCCCCCC)C(O)/C=C/CCCCCCCCCCCCC. The molecule has 1 heterocycles. The van der Waals surface area contributed by atoms with Crippen molar-refractivity contribution in [1.82, 2.24) is 5.32 Å². The summed E-state index contributed by atoms with van der Waals surface area (Å²) in [6.45, 7) is 5.64. The Hall–Kier alpha value is -2.38. The second-order valence-corrected chi connectivity index (χ2v) is 19.7. The lowest BCUT2D eigenvalue weighted by Crippen LogP contribution is -2.61. The first-order valence-corrected chi connectivity index (χ1v) is 28.4. The molecule has 0 aliphatic carbocycles. The molecule has 1 aliphatic heterocycles. The lowest BCUT2D eigenvalue weighted by atomic mass is 9.99. The first-order valence-electron chi connectivity index (χ1n) is 28.4. The second kappa shape index (κ2) is 46.7. The summed E-state index contributed by atoms with van der Waals surface area (Å²) in [5, 5.41) is 56.8. The minimum atomic E-state index is -1.61. The fourth-order valence-electron chi connectivity index (χ4n) is 8.77. The topological polar surface area (TPSA) is 175 Å². The number of carbonyl (C=O) groups excluding carboxylic acids is 2. The number of hydrogen-bond acceptors (Lipinski definition) is 10. The van der Waals surface area contributed by atoms with Crippen LogP contribution in [0.25, 0.3) is 0 Å². The molecule has 0 bridgehead atoms. The number of carbonyl (C=O) groups is 2. The van der Waals surface area contributed by atoms with Crippen LogP contribution in [-0.2, 0) is 23.8 Å². The van der Waals surface area contributed by atoms with Crippen LogP contribution >= 0.6 is 0 Å². The highest BCUT2D eigenvalue weighted by atomic mass is 16.7. The van der Waals surface area contributed by atoms with Crippen LogP contribution < -0.4 is 5.32 Å². The van der Waals surface area contributed by atoms with Gasteiger partial charge in [-0.2, -0.15) is 0 Å².